The summed E-state index contributed by atoms with van der Waals surface area (Å²) in [5.41, 5.74) is 6.71. The Bertz CT molecular complexity index is 418. The van der Waals surface area contributed by atoms with Crippen LogP contribution in [-0.4, -0.2) is 24.9 Å². The Kier molecular flexibility index (Phi) is 7.60. The van der Waals surface area contributed by atoms with Crippen molar-refractivity contribution in [3.63, 3.8) is 0 Å². The topological polar surface area (TPSA) is 84.2 Å². The number of nitrogen functional groups attached to an aromatic ring is 1. The van der Waals surface area contributed by atoms with Crippen molar-refractivity contribution >= 4 is 29.9 Å². The Morgan fingerprint density at radius 2 is 1.63 bits per heavy atom. The van der Waals surface area contributed by atoms with Crippen LogP contribution in [0.15, 0.2) is 24.3 Å². The first-order chi connectivity index (χ1) is 8.50. The van der Waals surface area contributed by atoms with Gasteiger partial charge in [0.05, 0.1) is 0 Å². The zero-order valence-electron chi connectivity index (χ0n) is 11.1. The van der Waals surface area contributed by atoms with Gasteiger partial charge >= 0.3 is 0 Å². The molecule has 106 valence electrons. The van der Waals surface area contributed by atoms with Crippen molar-refractivity contribution in [1.82, 2.24) is 10.6 Å². The number of nitrogens with two attached hydrogens (primary N) is 1. The van der Waals surface area contributed by atoms with Crippen LogP contribution in [0.4, 0.5) is 5.69 Å². The highest BCUT2D eigenvalue weighted by atomic mass is 35.5. The maximum Gasteiger partial charge on any atom is 0.251 e. The van der Waals surface area contributed by atoms with Crippen LogP contribution < -0.4 is 16.4 Å². The summed E-state index contributed by atoms with van der Waals surface area (Å²) in [6, 6.07) is 6.68. The molecule has 5 nitrogen and oxygen atoms in total. The van der Waals surface area contributed by atoms with Gasteiger partial charge in [0, 0.05) is 30.3 Å². The van der Waals surface area contributed by atoms with Crippen molar-refractivity contribution in [2.45, 2.75) is 13.8 Å². The van der Waals surface area contributed by atoms with Crippen LogP contribution >= 0.6 is 12.4 Å². The third kappa shape index (κ3) is 6.10. The Labute approximate surface area is 119 Å². The highest BCUT2D eigenvalue weighted by Gasteiger charge is 2.06. The number of hydrogen-bond acceptors (Lipinski definition) is 3. The molecule has 0 atom stereocenters. The van der Waals surface area contributed by atoms with Gasteiger partial charge in [-0.3, -0.25) is 9.59 Å². The molecule has 2 amide bonds. The molecule has 1 aromatic carbocycles. The summed E-state index contributed by atoms with van der Waals surface area (Å²) in [5.74, 6) is -0.233. The van der Waals surface area contributed by atoms with E-state index in [9.17, 15) is 9.59 Å². The van der Waals surface area contributed by atoms with Crippen LogP contribution in [0.3, 0.4) is 0 Å². The molecule has 0 unspecified atom stereocenters. The first-order valence-electron chi connectivity index (χ1n) is 5.92. The second-order valence-corrected chi connectivity index (χ2v) is 4.32. The van der Waals surface area contributed by atoms with Gasteiger partial charge in [-0.2, -0.15) is 0 Å². The minimum absolute atomic E-state index is 0. The standard InChI is InChI=1S/C13H19N3O2.ClH/c1-9(2)12(17)15-7-8-16-13(18)10-3-5-11(14)6-4-10;/h3-6,9H,7-8,14H2,1-2H3,(H,15,17)(H,16,18);1H. The van der Waals surface area contributed by atoms with E-state index in [1.807, 2.05) is 13.8 Å². The number of benzene rings is 1. The van der Waals surface area contributed by atoms with E-state index in [1.54, 1.807) is 24.3 Å². The maximum atomic E-state index is 11.7. The van der Waals surface area contributed by atoms with E-state index in [1.165, 1.54) is 0 Å². The molecule has 0 aromatic heterocycles. The Morgan fingerprint density at radius 1 is 1.11 bits per heavy atom. The van der Waals surface area contributed by atoms with Crippen LogP contribution in [0.2, 0.25) is 0 Å². The summed E-state index contributed by atoms with van der Waals surface area (Å²) < 4.78 is 0. The van der Waals surface area contributed by atoms with E-state index in [2.05, 4.69) is 10.6 Å². The Balaban J connectivity index is 0.00000324. The van der Waals surface area contributed by atoms with E-state index < -0.39 is 0 Å². The van der Waals surface area contributed by atoms with E-state index in [0.29, 0.717) is 24.3 Å². The fourth-order valence-electron chi connectivity index (χ4n) is 1.30. The van der Waals surface area contributed by atoms with Crippen LogP contribution in [0.1, 0.15) is 24.2 Å². The normalized spacial score (nSPS) is 9.63. The molecule has 0 aliphatic rings. The van der Waals surface area contributed by atoms with Gasteiger partial charge < -0.3 is 16.4 Å². The first kappa shape index (κ1) is 17.2. The predicted molar refractivity (Wildman–Crippen MR) is 78.3 cm³/mol. The molecule has 0 saturated carbocycles. The Morgan fingerprint density at radius 3 is 2.16 bits per heavy atom. The summed E-state index contributed by atoms with van der Waals surface area (Å²) in [7, 11) is 0. The van der Waals surface area contributed by atoms with Gasteiger partial charge in [-0.15, -0.1) is 12.4 Å². The summed E-state index contributed by atoms with van der Waals surface area (Å²) in [6.45, 7) is 4.48. The quantitative estimate of drug-likeness (QED) is 0.561. The molecule has 0 spiro atoms. The number of anilines is 1. The minimum atomic E-state index is -0.172. The molecule has 0 heterocycles. The number of rotatable bonds is 5. The highest BCUT2D eigenvalue weighted by Crippen LogP contribution is 2.04. The Hall–Kier alpha value is -1.75. The van der Waals surface area contributed by atoms with Crippen molar-refractivity contribution in [3.05, 3.63) is 29.8 Å². The fourth-order valence-corrected chi connectivity index (χ4v) is 1.30. The molecule has 0 radical (unpaired) electrons. The average molecular weight is 286 g/mol. The number of amides is 2. The molecular weight excluding hydrogens is 266 g/mol. The summed E-state index contributed by atoms with van der Waals surface area (Å²) in [6.07, 6.45) is 0. The maximum absolute atomic E-state index is 11.7. The first-order valence-corrected chi connectivity index (χ1v) is 5.92. The largest absolute Gasteiger partial charge is 0.399 e. The van der Waals surface area contributed by atoms with Gasteiger partial charge in [0.2, 0.25) is 5.91 Å². The zero-order chi connectivity index (χ0) is 13.5. The lowest BCUT2D eigenvalue weighted by Crippen LogP contribution is -2.36. The van der Waals surface area contributed by atoms with E-state index in [4.69, 9.17) is 5.73 Å². The van der Waals surface area contributed by atoms with Gasteiger partial charge in [0.15, 0.2) is 0 Å². The summed E-state index contributed by atoms with van der Waals surface area (Å²) >= 11 is 0. The molecule has 0 aliphatic heterocycles. The monoisotopic (exact) mass is 285 g/mol. The number of hydrogen-bond donors (Lipinski definition) is 3. The molecule has 4 N–H and O–H groups in total. The third-order valence-electron chi connectivity index (χ3n) is 2.41. The van der Waals surface area contributed by atoms with Crippen molar-refractivity contribution < 1.29 is 9.59 Å². The lowest BCUT2D eigenvalue weighted by molar-refractivity contribution is -0.123. The van der Waals surface area contributed by atoms with E-state index in [0.717, 1.165) is 0 Å². The highest BCUT2D eigenvalue weighted by molar-refractivity contribution is 5.94. The summed E-state index contributed by atoms with van der Waals surface area (Å²) in [5, 5.41) is 5.44. The molecule has 19 heavy (non-hydrogen) atoms. The number of halogens is 1. The molecule has 0 fully saturated rings. The predicted octanol–water partition coefficient (Wildman–Crippen LogP) is 1.19. The zero-order valence-corrected chi connectivity index (χ0v) is 11.9. The lowest BCUT2D eigenvalue weighted by Gasteiger charge is -2.08. The fraction of sp³-hybridized carbons (Fsp3) is 0.385. The van der Waals surface area contributed by atoms with Crippen LogP contribution in [-0.2, 0) is 4.79 Å². The molecule has 0 saturated heterocycles. The average Bonchev–Trinajstić information content (AvgIpc) is 2.34. The minimum Gasteiger partial charge on any atom is -0.399 e. The van der Waals surface area contributed by atoms with Gasteiger partial charge in [0.1, 0.15) is 0 Å². The third-order valence-corrected chi connectivity index (χ3v) is 2.41. The molecule has 0 aliphatic carbocycles. The summed E-state index contributed by atoms with van der Waals surface area (Å²) in [4.78, 5) is 22.9. The lowest BCUT2D eigenvalue weighted by atomic mass is 10.2. The van der Waals surface area contributed by atoms with Crippen molar-refractivity contribution in [2.75, 3.05) is 18.8 Å². The number of nitrogens with one attached hydrogen (secondary N) is 2. The van der Waals surface area contributed by atoms with Gasteiger partial charge in [-0.25, -0.2) is 0 Å². The SMILES string of the molecule is CC(C)C(=O)NCCNC(=O)c1ccc(N)cc1.Cl. The van der Waals surface area contributed by atoms with Gasteiger partial charge in [-0.1, -0.05) is 13.8 Å². The van der Waals surface area contributed by atoms with Gasteiger partial charge in [0.25, 0.3) is 5.91 Å². The second-order valence-electron chi connectivity index (χ2n) is 4.32. The van der Waals surface area contributed by atoms with Crippen molar-refractivity contribution in [3.8, 4) is 0 Å². The van der Waals surface area contributed by atoms with Crippen molar-refractivity contribution in [1.29, 1.82) is 0 Å². The van der Waals surface area contributed by atoms with Crippen LogP contribution in [0, 0.1) is 5.92 Å². The molecule has 6 heteroatoms. The van der Waals surface area contributed by atoms with E-state index >= 15 is 0 Å². The second kappa shape index (κ2) is 8.37. The molecule has 1 rings (SSSR count). The van der Waals surface area contributed by atoms with Crippen LogP contribution in [0.25, 0.3) is 0 Å². The van der Waals surface area contributed by atoms with Gasteiger partial charge in [-0.05, 0) is 24.3 Å². The van der Waals surface area contributed by atoms with Crippen LogP contribution in [0.5, 0.6) is 0 Å². The molecule has 1 aromatic rings. The van der Waals surface area contributed by atoms with E-state index in [-0.39, 0.29) is 30.1 Å². The molecule has 0 bridgehead atoms. The van der Waals surface area contributed by atoms with Crippen molar-refractivity contribution in [2.24, 2.45) is 5.92 Å². The smallest absolute Gasteiger partial charge is 0.251 e. The number of carbonyl (C=O) groups is 2. The molecular formula is C13H20ClN3O2. The number of carbonyl (C=O) groups excluding carboxylic acids is 2.